The molecule has 1 N–H and O–H groups in total. The summed E-state index contributed by atoms with van der Waals surface area (Å²) in [7, 11) is 1.67. The Labute approximate surface area is 147 Å². The lowest BCUT2D eigenvalue weighted by Gasteiger charge is -2.36. The van der Waals surface area contributed by atoms with Crippen LogP contribution in [0.1, 0.15) is 17.2 Å². The smallest absolute Gasteiger partial charge is 0.203 e. The highest BCUT2D eigenvalue weighted by Crippen LogP contribution is 2.41. The highest BCUT2D eigenvalue weighted by Gasteiger charge is 2.25. The molecule has 4 rings (SSSR count). The average Bonchev–Trinajstić information content (AvgIpc) is 2.68. The number of ether oxygens (including phenoxy) is 3. The van der Waals surface area contributed by atoms with Crippen LogP contribution in [0.3, 0.4) is 0 Å². The van der Waals surface area contributed by atoms with Gasteiger partial charge in [0.25, 0.3) is 0 Å². The van der Waals surface area contributed by atoms with Gasteiger partial charge in [-0.25, -0.2) is 0 Å². The van der Waals surface area contributed by atoms with Crippen molar-refractivity contribution >= 4 is 0 Å². The van der Waals surface area contributed by atoms with Crippen molar-refractivity contribution in [3.8, 4) is 17.2 Å². The maximum absolute atomic E-state index is 5.76. The van der Waals surface area contributed by atoms with Crippen LogP contribution >= 0.6 is 0 Å². The molecule has 6 nitrogen and oxygen atoms in total. The molecule has 0 radical (unpaired) electrons. The molecule has 1 aromatic heterocycles. The Kier molecular flexibility index (Phi) is 4.72. The van der Waals surface area contributed by atoms with E-state index in [1.165, 1.54) is 11.1 Å². The van der Waals surface area contributed by atoms with Crippen molar-refractivity contribution in [2.24, 2.45) is 0 Å². The first kappa shape index (κ1) is 16.2. The van der Waals surface area contributed by atoms with Gasteiger partial charge in [-0.3, -0.25) is 9.88 Å². The molecule has 3 heterocycles. The molecule has 1 atom stereocenters. The van der Waals surface area contributed by atoms with Gasteiger partial charge in [-0.15, -0.1) is 0 Å². The van der Waals surface area contributed by atoms with E-state index < -0.39 is 0 Å². The van der Waals surface area contributed by atoms with Gasteiger partial charge in [-0.1, -0.05) is 0 Å². The Balaban J connectivity index is 1.59. The van der Waals surface area contributed by atoms with E-state index in [0.29, 0.717) is 25.0 Å². The molecule has 0 bridgehead atoms. The standard InChI is InChI=1S/C19H23N3O3/c1-23-17-10-14(11-18-19(17)25-9-8-24-18)13-22-7-6-21-12-16(22)15-2-4-20-5-3-15/h2-5,10-11,16,21H,6-9,12-13H2,1H3. The third-order valence-electron chi connectivity index (χ3n) is 4.72. The highest BCUT2D eigenvalue weighted by atomic mass is 16.6. The molecule has 1 aromatic carbocycles. The number of nitrogens with zero attached hydrogens (tertiary/aromatic N) is 2. The van der Waals surface area contributed by atoms with Crippen LogP contribution in [0.25, 0.3) is 0 Å². The van der Waals surface area contributed by atoms with Crippen LogP contribution in [0, 0.1) is 0 Å². The van der Waals surface area contributed by atoms with E-state index in [1.54, 1.807) is 7.11 Å². The van der Waals surface area contributed by atoms with Crippen LogP contribution < -0.4 is 19.5 Å². The number of nitrogens with one attached hydrogen (secondary N) is 1. The third-order valence-corrected chi connectivity index (χ3v) is 4.72. The molecule has 6 heteroatoms. The van der Waals surface area contributed by atoms with E-state index in [2.05, 4.69) is 39.5 Å². The van der Waals surface area contributed by atoms with Gasteiger partial charge in [0.15, 0.2) is 11.5 Å². The lowest BCUT2D eigenvalue weighted by Crippen LogP contribution is -2.45. The zero-order valence-electron chi connectivity index (χ0n) is 14.4. The second-order valence-corrected chi connectivity index (χ2v) is 6.29. The monoisotopic (exact) mass is 341 g/mol. The van der Waals surface area contributed by atoms with Crippen LogP contribution in [0.2, 0.25) is 0 Å². The first-order chi connectivity index (χ1) is 12.3. The minimum Gasteiger partial charge on any atom is -0.493 e. The Bertz CT molecular complexity index is 706. The number of rotatable bonds is 4. The number of hydrogen-bond donors (Lipinski definition) is 1. The van der Waals surface area contributed by atoms with Gasteiger partial charge in [0, 0.05) is 44.6 Å². The third kappa shape index (κ3) is 3.41. The molecule has 1 saturated heterocycles. The Morgan fingerprint density at radius 3 is 2.92 bits per heavy atom. The van der Waals surface area contributed by atoms with Crippen molar-refractivity contribution < 1.29 is 14.2 Å². The minimum atomic E-state index is 0.330. The van der Waals surface area contributed by atoms with E-state index in [0.717, 1.165) is 37.7 Å². The fourth-order valence-electron chi connectivity index (χ4n) is 3.50. The summed E-state index contributed by atoms with van der Waals surface area (Å²) in [5, 5.41) is 3.49. The SMILES string of the molecule is COc1cc(CN2CCNCC2c2ccncc2)cc2c1OCCO2. The molecular formula is C19H23N3O3. The summed E-state index contributed by atoms with van der Waals surface area (Å²) in [6, 6.07) is 8.64. The number of piperazine rings is 1. The van der Waals surface area contributed by atoms with E-state index in [4.69, 9.17) is 14.2 Å². The van der Waals surface area contributed by atoms with E-state index in [9.17, 15) is 0 Å². The van der Waals surface area contributed by atoms with Crippen LogP contribution in [0.15, 0.2) is 36.7 Å². The molecule has 2 aromatic rings. The zero-order chi connectivity index (χ0) is 17.1. The number of benzene rings is 1. The first-order valence-corrected chi connectivity index (χ1v) is 8.66. The van der Waals surface area contributed by atoms with E-state index in [1.807, 2.05) is 12.4 Å². The van der Waals surface area contributed by atoms with Gasteiger partial charge in [0.1, 0.15) is 13.2 Å². The molecule has 0 saturated carbocycles. The van der Waals surface area contributed by atoms with Gasteiger partial charge in [-0.2, -0.15) is 0 Å². The molecule has 1 fully saturated rings. The molecule has 0 spiro atoms. The summed E-state index contributed by atoms with van der Waals surface area (Å²) in [5.41, 5.74) is 2.45. The van der Waals surface area contributed by atoms with Crippen molar-refractivity contribution in [3.63, 3.8) is 0 Å². The summed E-state index contributed by atoms with van der Waals surface area (Å²) < 4.78 is 17.0. The molecule has 0 aliphatic carbocycles. The van der Waals surface area contributed by atoms with Gasteiger partial charge >= 0.3 is 0 Å². The molecule has 2 aliphatic heterocycles. The number of aromatic nitrogens is 1. The topological polar surface area (TPSA) is 55.9 Å². The second-order valence-electron chi connectivity index (χ2n) is 6.29. The molecular weight excluding hydrogens is 318 g/mol. The second kappa shape index (κ2) is 7.29. The first-order valence-electron chi connectivity index (χ1n) is 8.66. The molecule has 25 heavy (non-hydrogen) atoms. The largest absolute Gasteiger partial charge is 0.493 e. The van der Waals surface area contributed by atoms with E-state index in [-0.39, 0.29) is 0 Å². The van der Waals surface area contributed by atoms with E-state index >= 15 is 0 Å². The van der Waals surface area contributed by atoms with Gasteiger partial charge in [-0.05, 0) is 35.4 Å². The fourth-order valence-corrected chi connectivity index (χ4v) is 3.50. The molecule has 132 valence electrons. The quantitative estimate of drug-likeness (QED) is 0.918. The van der Waals surface area contributed by atoms with Crippen LogP contribution in [-0.4, -0.2) is 49.8 Å². The maximum Gasteiger partial charge on any atom is 0.203 e. The maximum atomic E-state index is 5.76. The minimum absolute atomic E-state index is 0.330. The average molecular weight is 341 g/mol. The number of methoxy groups -OCH3 is 1. The molecule has 1 unspecified atom stereocenters. The van der Waals surface area contributed by atoms with Crippen LogP contribution in [0.5, 0.6) is 17.2 Å². The lowest BCUT2D eigenvalue weighted by molar-refractivity contribution is 0.150. The number of fused-ring (bicyclic) bond motifs is 1. The van der Waals surface area contributed by atoms with Gasteiger partial charge < -0.3 is 19.5 Å². The summed E-state index contributed by atoms with van der Waals surface area (Å²) in [5.74, 6) is 2.22. The van der Waals surface area contributed by atoms with Crippen molar-refractivity contribution in [1.82, 2.24) is 15.2 Å². The summed E-state index contributed by atoms with van der Waals surface area (Å²) in [6.07, 6.45) is 3.71. The lowest BCUT2D eigenvalue weighted by atomic mass is 10.0. The summed E-state index contributed by atoms with van der Waals surface area (Å²) >= 11 is 0. The summed E-state index contributed by atoms with van der Waals surface area (Å²) in [6.45, 7) is 4.89. The highest BCUT2D eigenvalue weighted by molar-refractivity contribution is 5.54. The molecule has 2 aliphatic rings. The van der Waals surface area contributed by atoms with Crippen LogP contribution in [0.4, 0.5) is 0 Å². The Hall–Kier alpha value is -2.31. The number of pyridine rings is 1. The molecule has 0 amide bonds. The predicted molar refractivity (Wildman–Crippen MR) is 94.2 cm³/mol. The van der Waals surface area contributed by atoms with Crippen molar-refractivity contribution in [2.45, 2.75) is 12.6 Å². The van der Waals surface area contributed by atoms with Crippen molar-refractivity contribution in [2.75, 3.05) is 40.0 Å². The van der Waals surface area contributed by atoms with Crippen molar-refractivity contribution in [1.29, 1.82) is 0 Å². The van der Waals surface area contributed by atoms with Crippen molar-refractivity contribution in [3.05, 3.63) is 47.8 Å². The van der Waals surface area contributed by atoms with Gasteiger partial charge in [0.05, 0.1) is 7.11 Å². The Morgan fingerprint density at radius 2 is 2.08 bits per heavy atom. The Morgan fingerprint density at radius 1 is 1.24 bits per heavy atom. The predicted octanol–water partition coefficient (Wildman–Crippen LogP) is 2.01. The normalized spacial score (nSPS) is 20.3. The zero-order valence-corrected chi connectivity index (χ0v) is 14.4. The van der Waals surface area contributed by atoms with Crippen LogP contribution in [-0.2, 0) is 6.54 Å². The number of hydrogen-bond acceptors (Lipinski definition) is 6. The van der Waals surface area contributed by atoms with Gasteiger partial charge in [0.2, 0.25) is 5.75 Å². The summed E-state index contributed by atoms with van der Waals surface area (Å²) in [4.78, 5) is 6.62. The fraction of sp³-hybridized carbons (Fsp3) is 0.421.